The number of pyridine rings is 1. The van der Waals surface area contributed by atoms with Gasteiger partial charge in [0.25, 0.3) is 0 Å². The summed E-state index contributed by atoms with van der Waals surface area (Å²) in [5.74, 6) is -1.12. The van der Waals surface area contributed by atoms with Gasteiger partial charge in [0.05, 0.1) is 23.9 Å². The van der Waals surface area contributed by atoms with Crippen LogP contribution in [0.1, 0.15) is 46.5 Å². The van der Waals surface area contributed by atoms with E-state index in [4.69, 9.17) is 4.74 Å². The molecule has 0 aromatic carbocycles. The van der Waals surface area contributed by atoms with Crippen molar-refractivity contribution < 1.29 is 18.7 Å². The number of amides is 2. The van der Waals surface area contributed by atoms with Crippen LogP contribution in [0.25, 0.3) is 0 Å². The number of hydrogen-bond acceptors (Lipinski definition) is 8. The molecule has 0 aliphatic carbocycles. The second kappa shape index (κ2) is 9.35. The summed E-state index contributed by atoms with van der Waals surface area (Å²) in [4.78, 5) is 30.7. The first kappa shape index (κ1) is 24.2. The molecule has 0 radical (unpaired) electrons. The molecule has 11 heteroatoms. The zero-order chi connectivity index (χ0) is 24.5. The number of halogens is 1. The summed E-state index contributed by atoms with van der Waals surface area (Å²) in [7, 11) is 0. The molecule has 3 unspecified atom stereocenters. The van der Waals surface area contributed by atoms with Gasteiger partial charge in [-0.25, -0.2) is 20.2 Å². The normalized spacial score (nSPS) is 26.9. The van der Waals surface area contributed by atoms with Gasteiger partial charge in [0, 0.05) is 43.6 Å². The molecule has 184 valence electrons. The molecule has 4 rings (SSSR count). The van der Waals surface area contributed by atoms with E-state index >= 15 is 0 Å². The van der Waals surface area contributed by atoms with Gasteiger partial charge < -0.3 is 20.3 Å². The summed E-state index contributed by atoms with van der Waals surface area (Å²) in [5, 5.41) is 17.9. The molecule has 34 heavy (non-hydrogen) atoms. The van der Waals surface area contributed by atoms with Crippen LogP contribution in [0.5, 0.6) is 0 Å². The fraction of sp³-hybridized carbons (Fsp3) is 0.652. The van der Waals surface area contributed by atoms with Crippen molar-refractivity contribution >= 4 is 17.7 Å². The van der Waals surface area contributed by atoms with E-state index in [9.17, 15) is 19.2 Å². The Hall–Kier alpha value is -2.97. The van der Waals surface area contributed by atoms with Gasteiger partial charge in [-0.1, -0.05) is 0 Å². The highest BCUT2D eigenvalue weighted by Crippen LogP contribution is 2.40. The van der Waals surface area contributed by atoms with Crippen molar-refractivity contribution in [2.75, 3.05) is 25.0 Å². The lowest BCUT2D eigenvalue weighted by molar-refractivity contribution is -0.128. The number of rotatable bonds is 4. The molecule has 3 N–H and O–H groups in total. The largest absolute Gasteiger partial charge is 0.444 e. The van der Waals surface area contributed by atoms with E-state index < -0.39 is 29.2 Å². The SMILES string of the molecule is CC(C)(C)OC(=O)N1CCC(CC#N)(N2NC(Nc3ccnc(F)c3)C3C(=O)NCCC32)CC1. The van der Waals surface area contributed by atoms with E-state index in [0.29, 0.717) is 38.2 Å². The smallest absolute Gasteiger partial charge is 0.410 e. The van der Waals surface area contributed by atoms with E-state index in [1.54, 1.807) is 11.0 Å². The van der Waals surface area contributed by atoms with Crippen molar-refractivity contribution in [1.82, 2.24) is 25.6 Å². The van der Waals surface area contributed by atoms with Crippen LogP contribution in [0.15, 0.2) is 18.3 Å². The second-order valence-electron chi connectivity index (χ2n) is 10.2. The van der Waals surface area contributed by atoms with Crippen molar-refractivity contribution in [3.8, 4) is 6.07 Å². The average molecular weight is 474 g/mol. The van der Waals surface area contributed by atoms with Gasteiger partial charge in [-0.2, -0.15) is 9.65 Å². The molecule has 3 atom stereocenters. The van der Waals surface area contributed by atoms with Gasteiger partial charge in [0.2, 0.25) is 11.9 Å². The molecule has 3 aliphatic heterocycles. The first-order chi connectivity index (χ1) is 16.1. The van der Waals surface area contributed by atoms with Crippen molar-refractivity contribution in [3.63, 3.8) is 0 Å². The first-order valence-corrected chi connectivity index (χ1v) is 11.7. The Balaban J connectivity index is 1.55. The Kier molecular flexibility index (Phi) is 6.64. The third-order valence-electron chi connectivity index (χ3n) is 6.74. The van der Waals surface area contributed by atoms with Crippen LogP contribution in [-0.2, 0) is 9.53 Å². The molecule has 3 fully saturated rings. The Morgan fingerprint density at radius 3 is 2.79 bits per heavy atom. The number of aromatic nitrogens is 1. The van der Waals surface area contributed by atoms with E-state index in [1.807, 2.05) is 20.8 Å². The molecule has 0 spiro atoms. The Labute approximate surface area is 198 Å². The Bertz CT molecular complexity index is 968. The maximum Gasteiger partial charge on any atom is 0.410 e. The molecule has 10 nitrogen and oxygen atoms in total. The molecule has 1 aromatic heterocycles. The van der Waals surface area contributed by atoms with E-state index in [2.05, 4.69) is 32.1 Å². The monoisotopic (exact) mass is 473 g/mol. The van der Waals surface area contributed by atoms with Crippen molar-refractivity contribution in [3.05, 3.63) is 24.3 Å². The standard InChI is InChI=1S/C23H32FN7O3/c1-22(2,3)34-21(33)30-12-7-23(6-9-25,8-13-30)31-16-5-11-27-20(32)18(16)19(29-31)28-15-4-10-26-17(24)14-15/h4,10,14,16,18-19,29H,5-8,11-13H2,1-3H3,(H,26,28)(H,27,32). The topological polar surface area (TPSA) is 123 Å². The van der Waals surface area contributed by atoms with Gasteiger partial charge in [-0.15, -0.1) is 0 Å². The predicted octanol–water partition coefficient (Wildman–Crippen LogP) is 1.97. The fourth-order valence-electron chi connectivity index (χ4n) is 5.17. The lowest BCUT2D eigenvalue weighted by Gasteiger charge is -2.48. The van der Waals surface area contributed by atoms with Crippen LogP contribution in [0.3, 0.4) is 0 Å². The number of carbonyl (C=O) groups is 2. The number of likely N-dealkylation sites (tertiary alicyclic amines) is 1. The highest BCUT2D eigenvalue weighted by Gasteiger charge is 2.55. The third kappa shape index (κ3) is 4.93. The number of nitriles is 1. The summed E-state index contributed by atoms with van der Waals surface area (Å²) in [5.41, 5.74) is 2.83. The number of nitrogens with one attached hydrogen (secondary N) is 3. The molecule has 1 aromatic rings. The van der Waals surface area contributed by atoms with Crippen LogP contribution in [0, 0.1) is 23.2 Å². The Morgan fingerprint density at radius 1 is 1.41 bits per heavy atom. The molecule has 4 heterocycles. The summed E-state index contributed by atoms with van der Waals surface area (Å²) >= 11 is 0. The van der Waals surface area contributed by atoms with E-state index in [1.165, 1.54) is 12.3 Å². The molecule has 0 saturated carbocycles. The number of carbonyl (C=O) groups excluding carboxylic acids is 2. The lowest BCUT2D eigenvalue weighted by atomic mass is 9.81. The number of anilines is 1. The maximum absolute atomic E-state index is 13.6. The number of fused-ring (bicyclic) bond motifs is 1. The number of hydrazine groups is 1. The minimum atomic E-state index is -0.611. The minimum absolute atomic E-state index is 0.0865. The zero-order valence-electron chi connectivity index (χ0n) is 19.8. The zero-order valence-corrected chi connectivity index (χ0v) is 19.8. The van der Waals surface area contributed by atoms with Crippen LogP contribution in [0.4, 0.5) is 14.9 Å². The van der Waals surface area contributed by atoms with Gasteiger partial charge >= 0.3 is 6.09 Å². The van der Waals surface area contributed by atoms with Crippen LogP contribution in [-0.4, -0.2) is 69.9 Å². The summed E-state index contributed by atoms with van der Waals surface area (Å²) in [6.07, 6.45) is 2.63. The summed E-state index contributed by atoms with van der Waals surface area (Å²) in [6, 6.07) is 5.11. The minimum Gasteiger partial charge on any atom is -0.444 e. The maximum atomic E-state index is 13.6. The quantitative estimate of drug-likeness (QED) is 0.568. The average Bonchev–Trinajstić information content (AvgIpc) is 3.13. The fourth-order valence-corrected chi connectivity index (χ4v) is 5.17. The van der Waals surface area contributed by atoms with Gasteiger partial charge in [-0.3, -0.25) is 4.79 Å². The lowest BCUT2D eigenvalue weighted by Crippen LogP contribution is -2.62. The molecular formula is C23H32FN7O3. The molecule has 3 aliphatic rings. The number of hydrogen-bond donors (Lipinski definition) is 3. The molecule has 2 amide bonds. The molecule has 0 bridgehead atoms. The van der Waals surface area contributed by atoms with E-state index in [0.717, 1.165) is 6.42 Å². The highest BCUT2D eigenvalue weighted by atomic mass is 19.1. The van der Waals surface area contributed by atoms with Crippen LogP contribution in [0.2, 0.25) is 0 Å². The third-order valence-corrected chi connectivity index (χ3v) is 6.74. The first-order valence-electron chi connectivity index (χ1n) is 11.7. The van der Waals surface area contributed by atoms with Crippen molar-refractivity contribution in [2.24, 2.45) is 5.92 Å². The van der Waals surface area contributed by atoms with Crippen molar-refractivity contribution in [2.45, 2.75) is 69.8 Å². The van der Waals surface area contributed by atoms with Crippen LogP contribution < -0.4 is 16.1 Å². The summed E-state index contributed by atoms with van der Waals surface area (Å²) < 4.78 is 19.2. The van der Waals surface area contributed by atoms with Gasteiger partial charge in [-0.05, 0) is 46.1 Å². The summed E-state index contributed by atoms with van der Waals surface area (Å²) in [6.45, 7) is 6.94. The Morgan fingerprint density at radius 2 is 2.15 bits per heavy atom. The van der Waals surface area contributed by atoms with E-state index in [-0.39, 0.29) is 24.5 Å². The van der Waals surface area contributed by atoms with Crippen LogP contribution >= 0.6 is 0 Å². The van der Waals surface area contributed by atoms with Crippen molar-refractivity contribution in [1.29, 1.82) is 5.26 Å². The molecule has 3 saturated heterocycles. The predicted molar refractivity (Wildman–Crippen MR) is 121 cm³/mol. The number of piperidine rings is 2. The highest BCUT2D eigenvalue weighted by molar-refractivity contribution is 5.82. The number of nitrogens with zero attached hydrogens (tertiary/aromatic N) is 4. The second-order valence-corrected chi connectivity index (χ2v) is 10.2. The molecular weight excluding hydrogens is 441 g/mol. The van der Waals surface area contributed by atoms with Gasteiger partial charge in [0.15, 0.2) is 0 Å². The number of ether oxygens (including phenoxy) is 1. The van der Waals surface area contributed by atoms with Gasteiger partial charge in [0.1, 0.15) is 11.8 Å².